The molecule has 1 aliphatic heterocycles. The monoisotopic (exact) mass is 428 g/mol. The molecule has 0 bridgehead atoms. The summed E-state index contributed by atoms with van der Waals surface area (Å²) in [7, 11) is 0. The van der Waals surface area contributed by atoms with Crippen LogP contribution in [0.5, 0.6) is 0 Å². The summed E-state index contributed by atoms with van der Waals surface area (Å²) in [6.07, 6.45) is -4.51. The first-order valence-electron chi connectivity index (χ1n) is 9.66. The summed E-state index contributed by atoms with van der Waals surface area (Å²) in [6.45, 7) is 2.81. The number of aromatic nitrogens is 2. The van der Waals surface area contributed by atoms with Gasteiger partial charge in [-0.1, -0.05) is 18.2 Å². The van der Waals surface area contributed by atoms with Crippen molar-refractivity contribution in [2.24, 2.45) is 0 Å². The van der Waals surface area contributed by atoms with Gasteiger partial charge in [-0.3, -0.25) is 4.79 Å². The summed E-state index contributed by atoms with van der Waals surface area (Å²) in [5.74, 6) is 0.137. The minimum absolute atomic E-state index is 0.0742. The molecule has 160 valence electrons. The number of hydrogen-bond donors (Lipinski definition) is 1. The maximum absolute atomic E-state index is 12.9. The molecule has 1 saturated heterocycles. The van der Waals surface area contributed by atoms with Crippen molar-refractivity contribution in [2.45, 2.75) is 6.18 Å². The molecule has 3 aromatic rings. The smallest absolute Gasteiger partial charge is 0.378 e. The highest BCUT2D eigenvalue weighted by Gasteiger charge is 2.30. The molecule has 0 atom stereocenters. The van der Waals surface area contributed by atoms with Gasteiger partial charge in [0.1, 0.15) is 0 Å². The lowest BCUT2D eigenvalue weighted by Gasteiger charge is -2.27. The minimum atomic E-state index is -4.51. The van der Waals surface area contributed by atoms with Crippen LogP contribution in [-0.2, 0) is 10.9 Å². The number of morpholine rings is 1. The lowest BCUT2D eigenvalue weighted by atomic mass is 10.1. The number of amides is 1. The molecule has 2 heterocycles. The molecule has 31 heavy (non-hydrogen) atoms. The van der Waals surface area contributed by atoms with Crippen molar-refractivity contribution >= 4 is 17.4 Å². The SMILES string of the molecule is O=C(Nc1cccc(-c2ccc(N3CCOCC3)nn2)c1)c1cccc(C(F)(F)F)c1. The van der Waals surface area contributed by atoms with E-state index in [1.807, 2.05) is 18.2 Å². The first-order chi connectivity index (χ1) is 14.9. The highest BCUT2D eigenvalue weighted by atomic mass is 19.4. The molecule has 1 aromatic heterocycles. The number of ether oxygens (including phenoxy) is 1. The third-order valence-corrected chi connectivity index (χ3v) is 4.85. The molecule has 0 radical (unpaired) electrons. The van der Waals surface area contributed by atoms with Crippen LogP contribution in [0.2, 0.25) is 0 Å². The van der Waals surface area contributed by atoms with Crippen molar-refractivity contribution in [2.75, 3.05) is 36.5 Å². The third-order valence-electron chi connectivity index (χ3n) is 4.85. The van der Waals surface area contributed by atoms with E-state index in [-0.39, 0.29) is 5.56 Å². The number of anilines is 2. The summed E-state index contributed by atoms with van der Waals surface area (Å²) in [5, 5.41) is 11.2. The lowest BCUT2D eigenvalue weighted by molar-refractivity contribution is -0.137. The highest BCUT2D eigenvalue weighted by Crippen LogP contribution is 2.30. The number of benzene rings is 2. The zero-order valence-electron chi connectivity index (χ0n) is 16.4. The van der Waals surface area contributed by atoms with E-state index in [9.17, 15) is 18.0 Å². The van der Waals surface area contributed by atoms with Crippen LogP contribution in [0, 0.1) is 0 Å². The molecule has 0 saturated carbocycles. The Morgan fingerprint density at radius 2 is 1.74 bits per heavy atom. The van der Waals surface area contributed by atoms with Gasteiger partial charge in [0.05, 0.1) is 24.5 Å². The lowest BCUT2D eigenvalue weighted by Crippen LogP contribution is -2.36. The van der Waals surface area contributed by atoms with E-state index in [0.29, 0.717) is 24.6 Å². The molecule has 1 fully saturated rings. The van der Waals surface area contributed by atoms with Gasteiger partial charge in [-0.2, -0.15) is 13.2 Å². The Morgan fingerprint density at radius 3 is 2.45 bits per heavy atom. The van der Waals surface area contributed by atoms with Gasteiger partial charge >= 0.3 is 6.18 Å². The second kappa shape index (κ2) is 8.73. The Balaban J connectivity index is 1.49. The summed E-state index contributed by atoms with van der Waals surface area (Å²) in [6, 6.07) is 14.9. The first-order valence-corrected chi connectivity index (χ1v) is 9.66. The predicted molar refractivity (Wildman–Crippen MR) is 110 cm³/mol. The first kappa shape index (κ1) is 20.8. The average Bonchev–Trinajstić information content (AvgIpc) is 2.79. The van der Waals surface area contributed by atoms with E-state index in [0.717, 1.165) is 36.6 Å². The summed E-state index contributed by atoms with van der Waals surface area (Å²) < 4.78 is 44.0. The van der Waals surface area contributed by atoms with E-state index in [4.69, 9.17) is 4.74 Å². The van der Waals surface area contributed by atoms with Gasteiger partial charge in [-0.25, -0.2) is 0 Å². The highest BCUT2D eigenvalue weighted by molar-refractivity contribution is 6.04. The molecule has 1 aliphatic rings. The molecule has 9 heteroatoms. The molecule has 0 spiro atoms. The predicted octanol–water partition coefficient (Wildman–Crippen LogP) is 4.25. The van der Waals surface area contributed by atoms with Crippen molar-refractivity contribution in [1.82, 2.24) is 10.2 Å². The van der Waals surface area contributed by atoms with Crippen molar-refractivity contribution in [3.63, 3.8) is 0 Å². The van der Waals surface area contributed by atoms with Crippen LogP contribution in [0.15, 0.2) is 60.7 Å². The summed E-state index contributed by atoms with van der Waals surface area (Å²) in [5.41, 5.74) is 0.841. The Labute approximate surface area is 176 Å². The normalized spacial score (nSPS) is 14.4. The molecule has 2 aromatic carbocycles. The van der Waals surface area contributed by atoms with Crippen LogP contribution >= 0.6 is 0 Å². The van der Waals surface area contributed by atoms with E-state index in [1.165, 1.54) is 12.1 Å². The standard InChI is InChI=1S/C22H19F3N4O2/c23-22(24,25)17-5-1-4-16(13-17)21(30)26-18-6-2-3-15(14-18)19-7-8-20(28-27-19)29-9-11-31-12-10-29/h1-8,13-14H,9-12H2,(H,26,30). The fourth-order valence-corrected chi connectivity index (χ4v) is 3.24. The Morgan fingerprint density at radius 1 is 0.968 bits per heavy atom. The van der Waals surface area contributed by atoms with Crippen LogP contribution in [0.4, 0.5) is 24.7 Å². The van der Waals surface area contributed by atoms with Gasteiger partial charge in [-0.15, -0.1) is 10.2 Å². The van der Waals surface area contributed by atoms with E-state index in [1.54, 1.807) is 18.2 Å². The molecule has 1 amide bonds. The second-order valence-corrected chi connectivity index (χ2v) is 6.99. The molecule has 0 aliphatic carbocycles. The van der Waals surface area contributed by atoms with Gasteiger partial charge in [0, 0.05) is 29.9 Å². The van der Waals surface area contributed by atoms with E-state index >= 15 is 0 Å². The van der Waals surface area contributed by atoms with Crippen molar-refractivity contribution in [1.29, 1.82) is 0 Å². The van der Waals surface area contributed by atoms with Crippen molar-refractivity contribution in [3.8, 4) is 11.3 Å². The van der Waals surface area contributed by atoms with Crippen LogP contribution in [0.3, 0.4) is 0 Å². The number of nitrogens with zero attached hydrogens (tertiary/aromatic N) is 3. The summed E-state index contributed by atoms with van der Waals surface area (Å²) >= 11 is 0. The quantitative estimate of drug-likeness (QED) is 0.673. The van der Waals surface area contributed by atoms with Gasteiger partial charge in [-0.05, 0) is 42.5 Å². The Hall–Kier alpha value is -3.46. The molecule has 1 N–H and O–H groups in total. The third kappa shape index (κ3) is 5.00. The molecular weight excluding hydrogens is 409 g/mol. The van der Waals surface area contributed by atoms with E-state index < -0.39 is 17.6 Å². The fraction of sp³-hybridized carbons (Fsp3) is 0.227. The Bertz CT molecular complexity index is 1060. The molecular formula is C22H19F3N4O2. The number of carbonyl (C=O) groups is 1. The second-order valence-electron chi connectivity index (χ2n) is 6.99. The van der Waals surface area contributed by atoms with Crippen LogP contribution < -0.4 is 10.2 Å². The van der Waals surface area contributed by atoms with Gasteiger partial charge < -0.3 is 15.0 Å². The fourth-order valence-electron chi connectivity index (χ4n) is 3.24. The number of rotatable bonds is 4. The number of hydrogen-bond acceptors (Lipinski definition) is 5. The maximum atomic E-state index is 12.9. The minimum Gasteiger partial charge on any atom is -0.378 e. The van der Waals surface area contributed by atoms with Gasteiger partial charge in [0.25, 0.3) is 5.91 Å². The zero-order valence-corrected chi connectivity index (χ0v) is 16.4. The number of halogens is 3. The zero-order chi connectivity index (χ0) is 21.8. The largest absolute Gasteiger partial charge is 0.416 e. The van der Waals surface area contributed by atoms with E-state index in [2.05, 4.69) is 20.4 Å². The molecule has 6 nitrogen and oxygen atoms in total. The number of nitrogens with one attached hydrogen (secondary N) is 1. The molecule has 0 unspecified atom stereocenters. The molecule has 4 rings (SSSR count). The van der Waals surface area contributed by atoms with Crippen molar-refractivity contribution < 1.29 is 22.7 Å². The topological polar surface area (TPSA) is 67.4 Å². The number of alkyl halides is 3. The maximum Gasteiger partial charge on any atom is 0.416 e. The number of carbonyl (C=O) groups excluding carboxylic acids is 1. The van der Waals surface area contributed by atoms with Crippen LogP contribution in [0.25, 0.3) is 11.3 Å². The van der Waals surface area contributed by atoms with Gasteiger partial charge in [0.2, 0.25) is 0 Å². The average molecular weight is 428 g/mol. The Kier molecular flexibility index (Phi) is 5.85. The van der Waals surface area contributed by atoms with Gasteiger partial charge in [0.15, 0.2) is 5.82 Å². The summed E-state index contributed by atoms with van der Waals surface area (Å²) in [4.78, 5) is 14.5. The van der Waals surface area contributed by atoms with Crippen LogP contribution in [-0.4, -0.2) is 42.4 Å². The van der Waals surface area contributed by atoms with Crippen LogP contribution in [0.1, 0.15) is 15.9 Å². The van der Waals surface area contributed by atoms with Crippen molar-refractivity contribution in [3.05, 3.63) is 71.8 Å².